The van der Waals surface area contributed by atoms with E-state index < -0.39 is 0 Å². The molecule has 1 aromatic carbocycles. The number of hydrogen-bond acceptors (Lipinski definition) is 2. The van der Waals surface area contributed by atoms with E-state index in [1.165, 1.54) is 12.8 Å². The Morgan fingerprint density at radius 1 is 1.30 bits per heavy atom. The Balaban J connectivity index is 2.48. The molecule has 2 N–H and O–H groups in total. The summed E-state index contributed by atoms with van der Waals surface area (Å²) in [6.07, 6.45) is 5.13. The van der Waals surface area contributed by atoms with Crippen molar-refractivity contribution >= 4 is 23.1 Å². The summed E-state index contributed by atoms with van der Waals surface area (Å²) in [6.45, 7) is 2.77. The lowest BCUT2D eigenvalue weighted by Crippen LogP contribution is -2.26. The van der Waals surface area contributed by atoms with Crippen molar-refractivity contribution in [3.05, 3.63) is 35.4 Å². The molecule has 20 heavy (non-hydrogen) atoms. The molecule has 0 aliphatic rings. The predicted octanol–water partition coefficient (Wildman–Crippen LogP) is 3.25. The zero-order valence-corrected chi connectivity index (χ0v) is 13.2. The first-order valence-corrected chi connectivity index (χ1v) is 7.58. The summed E-state index contributed by atoms with van der Waals surface area (Å²) in [5, 5.41) is 0. The number of unbranched alkanes of at least 4 members (excludes halogenated alkanes) is 3. The highest BCUT2D eigenvalue weighted by atomic mass is 32.1. The topological polar surface area (TPSA) is 46.3 Å². The van der Waals surface area contributed by atoms with Crippen LogP contribution in [0.4, 0.5) is 0 Å². The molecule has 0 heterocycles. The van der Waals surface area contributed by atoms with Gasteiger partial charge in [0.2, 0.25) is 5.91 Å². The van der Waals surface area contributed by atoms with E-state index in [1.54, 1.807) is 4.90 Å². The predicted molar refractivity (Wildman–Crippen MR) is 87.6 cm³/mol. The molecule has 3 nitrogen and oxygen atoms in total. The standard InChI is InChI=1S/C16H24N2OS/c1-3-4-5-6-10-15(19)18(2)12-13-8-7-9-14(11-13)16(17)20/h7-9,11H,3-6,10,12H2,1-2H3,(H2,17,20). The van der Waals surface area contributed by atoms with Crippen molar-refractivity contribution < 1.29 is 4.79 Å². The largest absolute Gasteiger partial charge is 0.389 e. The fourth-order valence-corrected chi connectivity index (χ4v) is 2.21. The zero-order valence-electron chi connectivity index (χ0n) is 12.4. The first-order chi connectivity index (χ1) is 9.54. The summed E-state index contributed by atoms with van der Waals surface area (Å²) in [6, 6.07) is 7.74. The van der Waals surface area contributed by atoms with Crippen molar-refractivity contribution in [2.24, 2.45) is 5.73 Å². The van der Waals surface area contributed by atoms with Crippen LogP contribution in [0.1, 0.15) is 50.2 Å². The Morgan fingerprint density at radius 3 is 2.70 bits per heavy atom. The van der Waals surface area contributed by atoms with Gasteiger partial charge in [0.05, 0.1) is 0 Å². The summed E-state index contributed by atoms with van der Waals surface area (Å²) in [4.78, 5) is 14.2. The minimum atomic E-state index is 0.196. The van der Waals surface area contributed by atoms with Crippen LogP contribution >= 0.6 is 12.2 Å². The van der Waals surface area contributed by atoms with Gasteiger partial charge in [0, 0.05) is 25.6 Å². The van der Waals surface area contributed by atoms with Crippen LogP contribution in [0.5, 0.6) is 0 Å². The van der Waals surface area contributed by atoms with Gasteiger partial charge in [0.15, 0.2) is 0 Å². The molecule has 0 bridgehead atoms. The maximum atomic E-state index is 12.0. The average Bonchev–Trinajstić information content (AvgIpc) is 2.43. The van der Waals surface area contributed by atoms with Crippen LogP contribution in [0.15, 0.2) is 24.3 Å². The summed E-state index contributed by atoms with van der Waals surface area (Å²) >= 11 is 4.97. The van der Waals surface area contributed by atoms with Crippen molar-refractivity contribution in [1.82, 2.24) is 4.90 Å². The van der Waals surface area contributed by atoms with Gasteiger partial charge in [-0.2, -0.15) is 0 Å². The van der Waals surface area contributed by atoms with E-state index in [-0.39, 0.29) is 5.91 Å². The SMILES string of the molecule is CCCCCCC(=O)N(C)Cc1cccc(C(N)=S)c1. The van der Waals surface area contributed by atoms with Gasteiger partial charge in [0.25, 0.3) is 0 Å². The minimum absolute atomic E-state index is 0.196. The Labute approximate surface area is 127 Å². The van der Waals surface area contributed by atoms with Gasteiger partial charge in [-0.3, -0.25) is 4.79 Å². The second-order valence-corrected chi connectivity index (χ2v) is 5.56. The smallest absolute Gasteiger partial charge is 0.222 e. The van der Waals surface area contributed by atoms with Gasteiger partial charge >= 0.3 is 0 Å². The monoisotopic (exact) mass is 292 g/mol. The number of hydrogen-bond donors (Lipinski definition) is 1. The van der Waals surface area contributed by atoms with Crippen LogP contribution < -0.4 is 5.73 Å². The van der Waals surface area contributed by atoms with E-state index in [1.807, 2.05) is 31.3 Å². The molecule has 0 atom stereocenters. The second-order valence-electron chi connectivity index (χ2n) is 5.13. The van der Waals surface area contributed by atoms with Gasteiger partial charge in [-0.25, -0.2) is 0 Å². The fourth-order valence-electron chi connectivity index (χ4n) is 2.08. The molecule has 0 unspecified atom stereocenters. The quantitative estimate of drug-likeness (QED) is 0.591. The number of carbonyl (C=O) groups excluding carboxylic acids is 1. The molecule has 1 amide bonds. The highest BCUT2D eigenvalue weighted by molar-refractivity contribution is 7.80. The van der Waals surface area contributed by atoms with Crippen LogP contribution in [-0.4, -0.2) is 22.8 Å². The number of nitrogens with two attached hydrogens (primary N) is 1. The van der Waals surface area contributed by atoms with Gasteiger partial charge in [-0.05, 0) is 18.1 Å². The zero-order chi connectivity index (χ0) is 15.0. The van der Waals surface area contributed by atoms with Crippen molar-refractivity contribution in [3.63, 3.8) is 0 Å². The van der Waals surface area contributed by atoms with Gasteiger partial charge in [-0.1, -0.05) is 56.6 Å². The molecule has 1 aromatic rings. The number of carbonyl (C=O) groups is 1. The molecule has 110 valence electrons. The molecule has 0 aliphatic heterocycles. The van der Waals surface area contributed by atoms with E-state index in [4.69, 9.17) is 18.0 Å². The van der Waals surface area contributed by atoms with E-state index in [9.17, 15) is 4.79 Å². The third kappa shape index (κ3) is 5.70. The number of amides is 1. The summed E-state index contributed by atoms with van der Waals surface area (Å²) in [5.41, 5.74) is 7.52. The fraction of sp³-hybridized carbons (Fsp3) is 0.500. The first kappa shape index (κ1) is 16.6. The van der Waals surface area contributed by atoms with Crippen molar-refractivity contribution in [3.8, 4) is 0 Å². The molecule has 1 rings (SSSR count). The Kier molecular flexibility index (Phi) is 7.23. The third-order valence-electron chi connectivity index (χ3n) is 3.30. The van der Waals surface area contributed by atoms with Crippen molar-refractivity contribution in [2.45, 2.75) is 45.6 Å². The van der Waals surface area contributed by atoms with E-state index in [0.717, 1.165) is 24.0 Å². The molecule has 4 heteroatoms. The number of nitrogens with zero attached hydrogens (tertiary/aromatic N) is 1. The Hall–Kier alpha value is -1.42. The molecule has 0 radical (unpaired) electrons. The van der Waals surface area contributed by atoms with Gasteiger partial charge in [0.1, 0.15) is 4.99 Å². The molecule has 0 aromatic heterocycles. The number of rotatable bonds is 8. The minimum Gasteiger partial charge on any atom is -0.389 e. The average molecular weight is 292 g/mol. The lowest BCUT2D eigenvalue weighted by Gasteiger charge is -2.17. The Morgan fingerprint density at radius 2 is 2.05 bits per heavy atom. The van der Waals surface area contributed by atoms with Crippen molar-refractivity contribution in [1.29, 1.82) is 0 Å². The second kappa shape index (κ2) is 8.69. The highest BCUT2D eigenvalue weighted by Gasteiger charge is 2.09. The molecular formula is C16H24N2OS. The number of benzene rings is 1. The van der Waals surface area contributed by atoms with Crippen molar-refractivity contribution in [2.75, 3.05) is 7.05 Å². The molecule has 0 saturated heterocycles. The van der Waals surface area contributed by atoms with E-state index in [0.29, 0.717) is 18.0 Å². The normalized spacial score (nSPS) is 10.3. The van der Waals surface area contributed by atoms with Crippen LogP contribution in [0.25, 0.3) is 0 Å². The molecular weight excluding hydrogens is 268 g/mol. The van der Waals surface area contributed by atoms with Gasteiger partial charge in [-0.15, -0.1) is 0 Å². The van der Waals surface area contributed by atoms with E-state index >= 15 is 0 Å². The molecule has 0 fully saturated rings. The number of thiocarbonyl (C=S) groups is 1. The maximum Gasteiger partial charge on any atom is 0.222 e. The van der Waals surface area contributed by atoms with Crippen LogP contribution in [0.3, 0.4) is 0 Å². The Bertz CT molecular complexity index is 460. The van der Waals surface area contributed by atoms with Crippen LogP contribution in [0, 0.1) is 0 Å². The maximum absolute atomic E-state index is 12.0. The van der Waals surface area contributed by atoms with E-state index in [2.05, 4.69) is 6.92 Å². The third-order valence-corrected chi connectivity index (χ3v) is 3.54. The lowest BCUT2D eigenvalue weighted by atomic mass is 10.1. The first-order valence-electron chi connectivity index (χ1n) is 7.17. The van der Waals surface area contributed by atoms with Gasteiger partial charge < -0.3 is 10.6 Å². The summed E-state index contributed by atoms with van der Waals surface area (Å²) in [5.74, 6) is 0.196. The highest BCUT2D eigenvalue weighted by Crippen LogP contribution is 2.10. The summed E-state index contributed by atoms with van der Waals surface area (Å²) < 4.78 is 0. The molecule has 0 spiro atoms. The molecule has 0 saturated carbocycles. The van der Waals surface area contributed by atoms with Crippen LogP contribution in [-0.2, 0) is 11.3 Å². The van der Waals surface area contributed by atoms with Crippen LogP contribution in [0.2, 0.25) is 0 Å². The summed E-state index contributed by atoms with van der Waals surface area (Å²) in [7, 11) is 1.84. The molecule has 0 aliphatic carbocycles. The lowest BCUT2D eigenvalue weighted by molar-refractivity contribution is -0.130.